The van der Waals surface area contributed by atoms with Crippen molar-refractivity contribution in [2.45, 2.75) is 6.92 Å². The topological polar surface area (TPSA) is 65.5 Å². The molecular formula is C18H20N4O3. The Balaban J connectivity index is 1.95. The summed E-state index contributed by atoms with van der Waals surface area (Å²) in [5, 5.41) is 5.14. The Morgan fingerprint density at radius 2 is 1.72 bits per heavy atom. The summed E-state index contributed by atoms with van der Waals surface area (Å²) in [5.74, 6) is -0.0405. The van der Waals surface area contributed by atoms with Crippen LogP contribution in [0.3, 0.4) is 0 Å². The van der Waals surface area contributed by atoms with Crippen molar-refractivity contribution < 1.29 is 14.3 Å². The first kappa shape index (κ1) is 16.8. The fourth-order valence-electron chi connectivity index (χ4n) is 2.91. The molecule has 2 aliphatic rings. The van der Waals surface area contributed by atoms with E-state index >= 15 is 0 Å². The van der Waals surface area contributed by atoms with Gasteiger partial charge in [0.2, 0.25) is 0 Å². The van der Waals surface area contributed by atoms with E-state index in [1.165, 1.54) is 7.05 Å². The first-order valence-electron chi connectivity index (χ1n) is 7.98. The van der Waals surface area contributed by atoms with Crippen molar-refractivity contribution in [2.75, 3.05) is 37.5 Å². The highest BCUT2D eigenvalue weighted by Crippen LogP contribution is 2.39. The summed E-state index contributed by atoms with van der Waals surface area (Å²) >= 11 is 0. The lowest BCUT2D eigenvalue weighted by Crippen LogP contribution is -2.23. The summed E-state index contributed by atoms with van der Waals surface area (Å²) < 4.78 is 4.99. The average molecular weight is 340 g/mol. The molecule has 2 heterocycles. The zero-order chi connectivity index (χ0) is 18.1. The van der Waals surface area contributed by atoms with Gasteiger partial charge in [0, 0.05) is 21.1 Å². The molecule has 130 valence electrons. The molecule has 0 atom stereocenters. The van der Waals surface area contributed by atoms with E-state index in [9.17, 15) is 9.59 Å². The molecule has 0 spiro atoms. The van der Waals surface area contributed by atoms with Gasteiger partial charge in [0.15, 0.2) is 5.71 Å². The number of amides is 1. The van der Waals surface area contributed by atoms with E-state index in [0.717, 1.165) is 22.2 Å². The number of para-hydroxylation sites is 2. The van der Waals surface area contributed by atoms with Crippen molar-refractivity contribution in [1.82, 2.24) is 5.01 Å². The number of likely N-dealkylation sites (N-methyl/N-ethyl adjacent to an activating group) is 1. The molecule has 25 heavy (non-hydrogen) atoms. The predicted molar refractivity (Wildman–Crippen MR) is 96.3 cm³/mol. The molecule has 0 aliphatic carbocycles. The van der Waals surface area contributed by atoms with E-state index in [-0.39, 0.29) is 23.8 Å². The quantitative estimate of drug-likeness (QED) is 0.619. The van der Waals surface area contributed by atoms with Crippen LogP contribution in [0.1, 0.15) is 6.92 Å². The zero-order valence-corrected chi connectivity index (χ0v) is 14.7. The number of esters is 1. The van der Waals surface area contributed by atoms with Gasteiger partial charge in [0.05, 0.1) is 23.6 Å². The molecule has 0 unspecified atom stereocenters. The second kappa shape index (κ2) is 6.43. The molecule has 0 N–H and O–H groups in total. The monoisotopic (exact) mass is 340 g/mol. The van der Waals surface area contributed by atoms with Crippen molar-refractivity contribution in [2.24, 2.45) is 5.10 Å². The molecule has 0 saturated carbocycles. The maximum atomic E-state index is 12.3. The highest BCUT2D eigenvalue weighted by molar-refractivity contribution is 6.51. The molecular weight excluding hydrogens is 320 g/mol. The maximum Gasteiger partial charge on any atom is 0.359 e. The summed E-state index contributed by atoms with van der Waals surface area (Å²) in [4.78, 5) is 28.4. The number of carbonyl (C=O) groups is 2. The third-order valence-corrected chi connectivity index (χ3v) is 4.19. The zero-order valence-electron chi connectivity index (χ0n) is 14.7. The number of hydrazone groups is 1. The van der Waals surface area contributed by atoms with Crippen molar-refractivity contribution >= 4 is 29.0 Å². The predicted octanol–water partition coefficient (Wildman–Crippen LogP) is 1.73. The lowest BCUT2D eigenvalue weighted by atomic mass is 10.1. The van der Waals surface area contributed by atoms with Crippen LogP contribution in [0.5, 0.6) is 0 Å². The summed E-state index contributed by atoms with van der Waals surface area (Å²) in [6.07, 6.45) is 3.43. The Kier molecular flexibility index (Phi) is 4.31. The summed E-state index contributed by atoms with van der Waals surface area (Å²) in [6.45, 7) is 1.94. The number of hydrogen-bond acceptors (Lipinski definition) is 6. The third-order valence-electron chi connectivity index (χ3n) is 4.19. The number of anilines is 2. The number of nitrogens with zero attached hydrogens (tertiary/aromatic N) is 4. The van der Waals surface area contributed by atoms with Gasteiger partial charge in [-0.05, 0) is 31.2 Å². The first-order chi connectivity index (χ1) is 12.0. The van der Waals surface area contributed by atoms with E-state index in [0.29, 0.717) is 0 Å². The average Bonchev–Trinajstić information content (AvgIpc) is 3.02. The molecule has 0 aromatic heterocycles. The number of allylic oxidation sites excluding steroid dienone is 2. The minimum absolute atomic E-state index is 0.0343. The van der Waals surface area contributed by atoms with Gasteiger partial charge in [0.25, 0.3) is 5.91 Å². The highest BCUT2D eigenvalue weighted by atomic mass is 16.5. The number of fused-ring (bicyclic) bond motifs is 1. The minimum atomic E-state index is -0.596. The second-order valence-corrected chi connectivity index (χ2v) is 5.71. The second-order valence-electron chi connectivity index (χ2n) is 5.71. The molecule has 7 nitrogen and oxygen atoms in total. The van der Waals surface area contributed by atoms with Crippen LogP contribution < -0.4 is 9.80 Å². The van der Waals surface area contributed by atoms with E-state index in [4.69, 9.17) is 4.74 Å². The summed E-state index contributed by atoms with van der Waals surface area (Å²) in [6, 6.07) is 8.01. The number of carbonyl (C=O) groups excluding carboxylic acids is 2. The van der Waals surface area contributed by atoms with E-state index < -0.39 is 5.97 Å². The number of benzene rings is 1. The highest BCUT2D eigenvalue weighted by Gasteiger charge is 2.33. The Bertz CT molecular complexity index is 794. The molecule has 1 aromatic rings. The van der Waals surface area contributed by atoms with E-state index in [1.54, 1.807) is 19.1 Å². The van der Waals surface area contributed by atoms with Crippen LogP contribution in [0.2, 0.25) is 0 Å². The van der Waals surface area contributed by atoms with Gasteiger partial charge in [-0.2, -0.15) is 5.10 Å². The first-order valence-corrected chi connectivity index (χ1v) is 7.98. The maximum absolute atomic E-state index is 12.3. The fourth-order valence-corrected chi connectivity index (χ4v) is 2.91. The van der Waals surface area contributed by atoms with Crippen molar-refractivity contribution in [3.8, 4) is 0 Å². The van der Waals surface area contributed by atoms with Crippen LogP contribution in [0.25, 0.3) is 0 Å². The minimum Gasteiger partial charge on any atom is -0.461 e. The number of hydrogen-bond donors (Lipinski definition) is 0. The van der Waals surface area contributed by atoms with Gasteiger partial charge in [-0.1, -0.05) is 12.1 Å². The number of ether oxygens (including phenoxy) is 1. The summed E-state index contributed by atoms with van der Waals surface area (Å²) in [5.41, 5.74) is 2.41. The van der Waals surface area contributed by atoms with Gasteiger partial charge in [0.1, 0.15) is 5.82 Å². The van der Waals surface area contributed by atoms with E-state index in [2.05, 4.69) is 5.10 Å². The van der Waals surface area contributed by atoms with Crippen LogP contribution >= 0.6 is 0 Å². The van der Waals surface area contributed by atoms with Gasteiger partial charge >= 0.3 is 5.97 Å². The lowest BCUT2D eigenvalue weighted by Gasteiger charge is -2.17. The Morgan fingerprint density at radius 3 is 2.28 bits per heavy atom. The summed E-state index contributed by atoms with van der Waals surface area (Å²) in [7, 11) is 5.42. The normalized spacial score (nSPS) is 18.0. The molecule has 0 saturated heterocycles. The van der Waals surface area contributed by atoms with Crippen molar-refractivity contribution in [1.29, 1.82) is 0 Å². The van der Waals surface area contributed by atoms with Crippen LogP contribution in [0.4, 0.5) is 11.4 Å². The van der Waals surface area contributed by atoms with Crippen molar-refractivity contribution in [3.05, 3.63) is 47.8 Å². The Hall–Kier alpha value is -3.09. The third kappa shape index (κ3) is 2.77. The van der Waals surface area contributed by atoms with Crippen molar-refractivity contribution in [3.63, 3.8) is 0 Å². The molecule has 7 heteroatoms. The molecule has 3 rings (SSSR count). The lowest BCUT2D eigenvalue weighted by molar-refractivity contribution is -0.135. The standard InChI is InChI=1S/C18H20N4O3/c1-5-25-18(24)16-12(17(23)22(4)19-16)10-11-15-20(2)13-8-6-7-9-14(13)21(15)3/h6-11H,5H2,1-4H3/b12-10+. The molecule has 0 fully saturated rings. The van der Waals surface area contributed by atoms with Gasteiger partial charge in [-0.15, -0.1) is 0 Å². The fraction of sp³-hybridized carbons (Fsp3) is 0.278. The number of rotatable bonds is 3. The largest absolute Gasteiger partial charge is 0.461 e. The van der Waals surface area contributed by atoms with E-state index in [1.807, 2.05) is 48.2 Å². The van der Waals surface area contributed by atoms with Crippen LogP contribution in [0, 0.1) is 0 Å². The molecule has 0 radical (unpaired) electrons. The van der Waals surface area contributed by atoms with Crippen LogP contribution in [-0.2, 0) is 14.3 Å². The molecule has 0 bridgehead atoms. The van der Waals surface area contributed by atoms with Crippen LogP contribution in [0.15, 0.2) is 52.9 Å². The molecule has 2 aliphatic heterocycles. The van der Waals surface area contributed by atoms with Gasteiger partial charge < -0.3 is 14.5 Å². The Morgan fingerprint density at radius 1 is 1.12 bits per heavy atom. The van der Waals surface area contributed by atoms with Crippen LogP contribution in [-0.4, -0.2) is 50.3 Å². The van der Waals surface area contributed by atoms with Gasteiger partial charge in [-0.3, -0.25) is 4.79 Å². The smallest absolute Gasteiger partial charge is 0.359 e. The Labute approximate surface area is 146 Å². The molecule has 1 aromatic carbocycles. The SMILES string of the molecule is CCOC(=O)C1=NN(C)C(=O)/C1=C/C=C1N(C)c2ccccc2N1C. The van der Waals surface area contributed by atoms with Gasteiger partial charge in [-0.25, -0.2) is 9.80 Å². The molecule has 1 amide bonds.